The molecule has 1 aliphatic rings. The molecule has 3 heteroatoms. The van der Waals surface area contributed by atoms with Gasteiger partial charge < -0.3 is 10.1 Å². The lowest BCUT2D eigenvalue weighted by atomic mass is 9.83. The zero-order valence-corrected chi connectivity index (χ0v) is 9.09. The SMILES string of the molecule is CC.CC(NC=O)C1(C)CCOC1. The monoisotopic (exact) mass is 187 g/mol. The van der Waals surface area contributed by atoms with Crippen molar-refractivity contribution in [1.29, 1.82) is 0 Å². The average molecular weight is 187 g/mol. The third-order valence-electron chi connectivity index (χ3n) is 2.61. The summed E-state index contributed by atoms with van der Waals surface area (Å²) in [5, 5.41) is 2.77. The van der Waals surface area contributed by atoms with Crippen molar-refractivity contribution in [3.8, 4) is 0 Å². The molecule has 1 amide bonds. The van der Waals surface area contributed by atoms with Crippen LogP contribution in [0.3, 0.4) is 0 Å². The number of rotatable bonds is 3. The predicted octanol–water partition coefficient (Wildman–Crippen LogP) is 1.57. The fourth-order valence-corrected chi connectivity index (χ4v) is 1.33. The second-order valence-corrected chi connectivity index (χ2v) is 3.46. The maximum atomic E-state index is 10.2. The molecule has 13 heavy (non-hydrogen) atoms. The number of amides is 1. The van der Waals surface area contributed by atoms with E-state index in [4.69, 9.17) is 4.74 Å². The highest BCUT2D eigenvalue weighted by molar-refractivity contribution is 5.46. The Kier molecular flexibility index (Phi) is 5.71. The van der Waals surface area contributed by atoms with E-state index in [1.807, 2.05) is 20.8 Å². The van der Waals surface area contributed by atoms with Crippen molar-refractivity contribution in [1.82, 2.24) is 5.32 Å². The van der Waals surface area contributed by atoms with Crippen LogP contribution in [-0.2, 0) is 9.53 Å². The van der Waals surface area contributed by atoms with E-state index in [0.29, 0.717) is 0 Å². The third-order valence-corrected chi connectivity index (χ3v) is 2.61. The van der Waals surface area contributed by atoms with Crippen LogP contribution in [0.1, 0.15) is 34.1 Å². The van der Waals surface area contributed by atoms with Crippen LogP contribution in [0.5, 0.6) is 0 Å². The highest BCUT2D eigenvalue weighted by Crippen LogP contribution is 2.31. The molecule has 1 fully saturated rings. The van der Waals surface area contributed by atoms with Crippen molar-refractivity contribution < 1.29 is 9.53 Å². The number of carbonyl (C=O) groups is 1. The van der Waals surface area contributed by atoms with E-state index in [9.17, 15) is 4.79 Å². The van der Waals surface area contributed by atoms with Crippen molar-refractivity contribution in [2.75, 3.05) is 13.2 Å². The third kappa shape index (κ3) is 3.35. The lowest BCUT2D eigenvalue weighted by Gasteiger charge is -2.28. The summed E-state index contributed by atoms with van der Waals surface area (Å²) >= 11 is 0. The van der Waals surface area contributed by atoms with Crippen LogP contribution in [0.25, 0.3) is 0 Å². The van der Waals surface area contributed by atoms with E-state index in [2.05, 4.69) is 12.2 Å². The smallest absolute Gasteiger partial charge is 0.207 e. The minimum atomic E-state index is 0.140. The molecule has 0 aromatic carbocycles. The van der Waals surface area contributed by atoms with Gasteiger partial charge in [0.25, 0.3) is 0 Å². The van der Waals surface area contributed by atoms with Crippen LogP contribution in [0, 0.1) is 5.41 Å². The van der Waals surface area contributed by atoms with Gasteiger partial charge in [-0.1, -0.05) is 20.8 Å². The molecule has 0 aromatic heterocycles. The first-order valence-corrected chi connectivity index (χ1v) is 4.96. The van der Waals surface area contributed by atoms with Crippen molar-refractivity contribution in [2.45, 2.75) is 40.2 Å². The standard InChI is InChI=1S/C8H15NO2.C2H6/c1-7(9-6-10)8(2)3-4-11-5-8;1-2/h6-7H,3-5H2,1-2H3,(H,9,10);1-2H3. The van der Waals surface area contributed by atoms with Crippen LogP contribution >= 0.6 is 0 Å². The van der Waals surface area contributed by atoms with Gasteiger partial charge in [0.15, 0.2) is 0 Å². The number of nitrogens with one attached hydrogen (secondary N) is 1. The Morgan fingerprint density at radius 2 is 2.15 bits per heavy atom. The van der Waals surface area contributed by atoms with Crippen LogP contribution in [0.2, 0.25) is 0 Å². The number of carbonyl (C=O) groups excluding carboxylic acids is 1. The normalized spacial score (nSPS) is 28.6. The summed E-state index contributed by atoms with van der Waals surface area (Å²) in [5.74, 6) is 0. The van der Waals surface area contributed by atoms with Gasteiger partial charge in [-0.25, -0.2) is 0 Å². The molecule has 3 nitrogen and oxygen atoms in total. The second kappa shape index (κ2) is 5.97. The van der Waals surface area contributed by atoms with Crippen molar-refractivity contribution >= 4 is 6.41 Å². The Morgan fingerprint density at radius 1 is 1.54 bits per heavy atom. The van der Waals surface area contributed by atoms with Gasteiger partial charge in [0, 0.05) is 18.1 Å². The largest absolute Gasteiger partial charge is 0.381 e. The van der Waals surface area contributed by atoms with Crippen LogP contribution in [0.4, 0.5) is 0 Å². The van der Waals surface area contributed by atoms with Gasteiger partial charge in [0.2, 0.25) is 6.41 Å². The minimum Gasteiger partial charge on any atom is -0.381 e. The molecule has 0 radical (unpaired) electrons. The Labute approximate surface area is 80.8 Å². The summed E-state index contributed by atoms with van der Waals surface area (Å²) in [6, 6.07) is 0.211. The second-order valence-electron chi connectivity index (χ2n) is 3.46. The molecule has 1 heterocycles. The fraction of sp³-hybridized carbons (Fsp3) is 0.900. The summed E-state index contributed by atoms with van der Waals surface area (Å²) in [5.41, 5.74) is 0.140. The topological polar surface area (TPSA) is 38.3 Å². The molecule has 0 spiro atoms. The predicted molar refractivity (Wildman–Crippen MR) is 53.6 cm³/mol. The molecule has 1 rings (SSSR count). The van der Waals surface area contributed by atoms with Crippen molar-refractivity contribution in [3.05, 3.63) is 0 Å². The molecular formula is C10H21NO2. The first-order chi connectivity index (χ1) is 6.19. The Bertz CT molecular complexity index is 142. The Balaban J connectivity index is 0.000000671. The minimum absolute atomic E-state index is 0.140. The highest BCUT2D eigenvalue weighted by Gasteiger charge is 2.35. The van der Waals surface area contributed by atoms with E-state index in [1.54, 1.807) is 0 Å². The maximum Gasteiger partial charge on any atom is 0.207 e. The average Bonchev–Trinajstić information content (AvgIpc) is 2.58. The van der Waals surface area contributed by atoms with Gasteiger partial charge >= 0.3 is 0 Å². The van der Waals surface area contributed by atoms with Crippen molar-refractivity contribution in [3.63, 3.8) is 0 Å². The summed E-state index contributed by atoms with van der Waals surface area (Å²) < 4.78 is 5.27. The van der Waals surface area contributed by atoms with Gasteiger partial charge in [0.1, 0.15) is 0 Å². The zero-order chi connectivity index (χ0) is 10.3. The molecule has 1 saturated heterocycles. The molecule has 1 N–H and O–H groups in total. The quantitative estimate of drug-likeness (QED) is 0.681. The van der Waals surface area contributed by atoms with E-state index < -0.39 is 0 Å². The lowest BCUT2D eigenvalue weighted by molar-refractivity contribution is -0.110. The van der Waals surface area contributed by atoms with E-state index in [0.717, 1.165) is 26.0 Å². The molecule has 1 aliphatic heterocycles. The molecule has 0 saturated carbocycles. The maximum absolute atomic E-state index is 10.2. The highest BCUT2D eigenvalue weighted by atomic mass is 16.5. The van der Waals surface area contributed by atoms with Crippen LogP contribution < -0.4 is 5.32 Å². The first-order valence-electron chi connectivity index (χ1n) is 4.96. The van der Waals surface area contributed by atoms with Gasteiger partial charge in [0.05, 0.1) is 6.61 Å². The molecule has 0 aliphatic carbocycles. The van der Waals surface area contributed by atoms with E-state index in [1.165, 1.54) is 0 Å². The summed E-state index contributed by atoms with van der Waals surface area (Å²) in [6.07, 6.45) is 1.79. The molecular weight excluding hydrogens is 166 g/mol. The summed E-state index contributed by atoms with van der Waals surface area (Å²) in [7, 11) is 0. The first kappa shape index (κ1) is 12.4. The molecule has 2 unspecified atom stereocenters. The van der Waals surface area contributed by atoms with E-state index in [-0.39, 0.29) is 11.5 Å². The molecule has 78 valence electrons. The number of hydrogen-bond donors (Lipinski definition) is 1. The number of ether oxygens (including phenoxy) is 1. The summed E-state index contributed by atoms with van der Waals surface area (Å²) in [6.45, 7) is 9.74. The zero-order valence-electron chi connectivity index (χ0n) is 9.09. The van der Waals surface area contributed by atoms with E-state index >= 15 is 0 Å². The summed E-state index contributed by atoms with van der Waals surface area (Å²) in [4.78, 5) is 10.2. The molecule has 0 bridgehead atoms. The molecule has 2 atom stereocenters. The number of hydrogen-bond acceptors (Lipinski definition) is 2. The van der Waals surface area contributed by atoms with Crippen LogP contribution in [0.15, 0.2) is 0 Å². The Hall–Kier alpha value is -0.570. The lowest BCUT2D eigenvalue weighted by Crippen LogP contribution is -2.41. The molecule has 0 aromatic rings. The van der Waals surface area contributed by atoms with Gasteiger partial charge in [-0.3, -0.25) is 4.79 Å². The fourth-order valence-electron chi connectivity index (χ4n) is 1.33. The Morgan fingerprint density at radius 3 is 2.54 bits per heavy atom. The van der Waals surface area contributed by atoms with Gasteiger partial charge in [-0.2, -0.15) is 0 Å². The van der Waals surface area contributed by atoms with Crippen molar-refractivity contribution in [2.24, 2.45) is 5.41 Å². The van der Waals surface area contributed by atoms with Gasteiger partial charge in [-0.15, -0.1) is 0 Å². The van der Waals surface area contributed by atoms with Crippen LogP contribution in [-0.4, -0.2) is 25.7 Å². The van der Waals surface area contributed by atoms with Gasteiger partial charge in [-0.05, 0) is 13.3 Å².